The van der Waals surface area contributed by atoms with Crippen LogP contribution in [-0.4, -0.2) is 13.3 Å². The van der Waals surface area contributed by atoms with Crippen LogP contribution >= 0.6 is 11.7 Å². The fraction of sp³-hybridized carbons (Fsp3) is 0. The van der Waals surface area contributed by atoms with Crippen molar-refractivity contribution >= 4 is 61.6 Å². The van der Waals surface area contributed by atoms with Gasteiger partial charge in [0.25, 0.3) is 0 Å². The molecule has 0 saturated heterocycles. The fourth-order valence-corrected chi connectivity index (χ4v) is 8.27. The minimum atomic E-state index is -0.367. The van der Waals surface area contributed by atoms with Gasteiger partial charge in [-0.2, -0.15) is 14.0 Å². The van der Waals surface area contributed by atoms with Gasteiger partial charge in [-0.25, -0.2) is 8.78 Å². The summed E-state index contributed by atoms with van der Waals surface area (Å²) >= 11 is 1.18. The molecule has 270 valence electrons. The third-order valence-corrected chi connectivity index (χ3v) is 11.0. The molecule has 0 aliphatic heterocycles. The second-order valence-corrected chi connectivity index (χ2v) is 14.3. The Kier molecular flexibility index (Phi) is 8.36. The summed E-state index contributed by atoms with van der Waals surface area (Å²) in [5.74, 6) is -0.734. The van der Waals surface area contributed by atoms with Gasteiger partial charge in [0.05, 0.1) is 40.1 Å². The quantitative estimate of drug-likeness (QED) is 0.162. The molecule has 0 aliphatic carbocycles. The van der Waals surface area contributed by atoms with E-state index in [1.54, 1.807) is 12.1 Å². The van der Waals surface area contributed by atoms with E-state index in [2.05, 4.69) is 95.9 Å². The zero-order valence-corrected chi connectivity index (χ0v) is 31.0. The molecule has 0 unspecified atom stereocenters. The van der Waals surface area contributed by atoms with E-state index < -0.39 is 0 Å². The number of benzene rings is 8. The molecule has 0 radical (unpaired) electrons. The third-order valence-electron chi connectivity index (χ3n) is 10.5. The number of fused-ring (bicyclic) bond motifs is 4. The monoisotopic (exact) mass is 757 g/mol. The van der Waals surface area contributed by atoms with Gasteiger partial charge in [-0.3, -0.25) is 0 Å². The first-order chi connectivity index (χ1) is 28.0. The first-order valence-corrected chi connectivity index (χ1v) is 19.1. The van der Waals surface area contributed by atoms with Gasteiger partial charge in [-0.15, -0.1) is 0 Å². The van der Waals surface area contributed by atoms with Crippen molar-refractivity contribution in [2.45, 2.75) is 0 Å². The van der Waals surface area contributed by atoms with Crippen molar-refractivity contribution in [3.63, 3.8) is 0 Å². The maximum atomic E-state index is 14.3. The summed E-state index contributed by atoms with van der Waals surface area (Å²) in [6.45, 7) is 0. The topological polar surface area (TPSA) is 57.7 Å². The highest BCUT2D eigenvalue weighted by Crippen LogP contribution is 2.43. The minimum absolute atomic E-state index is 0.367. The van der Waals surface area contributed by atoms with E-state index in [1.165, 1.54) is 36.0 Å². The van der Waals surface area contributed by atoms with E-state index in [4.69, 9.17) is 8.75 Å². The summed E-state index contributed by atoms with van der Waals surface area (Å²) < 4.78 is 40.4. The fourth-order valence-electron chi connectivity index (χ4n) is 7.70. The first-order valence-electron chi connectivity index (χ1n) is 18.3. The van der Waals surface area contributed by atoms with E-state index in [-0.39, 0.29) is 11.6 Å². The van der Waals surface area contributed by atoms with E-state index in [9.17, 15) is 14.0 Å². The van der Waals surface area contributed by atoms with Crippen molar-refractivity contribution in [1.82, 2.24) is 13.3 Å². The average Bonchev–Trinajstić information content (AvgIpc) is 3.88. The van der Waals surface area contributed by atoms with E-state index in [0.29, 0.717) is 16.3 Å². The van der Waals surface area contributed by atoms with Crippen LogP contribution in [0.25, 0.3) is 71.9 Å². The molecule has 0 spiro atoms. The van der Waals surface area contributed by atoms with Crippen molar-refractivity contribution < 1.29 is 8.78 Å². The van der Waals surface area contributed by atoms with Crippen molar-refractivity contribution in [2.75, 3.05) is 4.90 Å². The van der Waals surface area contributed by atoms with E-state index >= 15 is 0 Å². The van der Waals surface area contributed by atoms with Crippen LogP contribution in [0.1, 0.15) is 5.56 Å². The van der Waals surface area contributed by atoms with Crippen LogP contribution in [-0.2, 0) is 0 Å². The molecule has 0 amide bonds. The van der Waals surface area contributed by atoms with Gasteiger partial charge in [-0.05, 0) is 125 Å². The van der Waals surface area contributed by atoms with Gasteiger partial charge in [0.1, 0.15) is 22.7 Å². The smallest absolute Gasteiger partial charge is 0.129 e. The molecule has 57 heavy (non-hydrogen) atoms. The number of hydrogen-bond donors (Lipinski definition) is 0. The average molecular weight is 758 g/mol. The van der Waals surface area contributed by atoms with Crippen molar-refractivity contribution in [3.05, 3.63) is 193 Å². The van der Waals surface area contributed by atoms with Gasteiger partial charge in [0, 0.05) is 33.4 Å². The van der Waals surface area contributed by atoms with Crippen LogP contribution in [0.3, 0.4) is 0 Å². The molecule has 0 aliphatic rings. The molecule has 0 bridgehead atoms. The maximum Gasteiger partial charge on any atom is 0.129 e. The predicted octanol–water partition coefficient (Wildman–Crippen LogP) is 13.4. The van der Waals surface area contributed by atoms with Crippen molar-refractivity contribution in [3.8, 4) is 45.1 Å². The second-order valence-electron chi connectivity index (χ2n) is 13.8. The summed E-state index contributed by atoms with van der Waals surface area (Å²) in [6, 6.07) is 58.6. The molecule has 8 heteroatoms. The van der Waals surface area contributed by atoms with Gasteiger partial charge in [0.2, 0.25) is 0 Å². The molecule has 5 nitrogen and oxygen atoms in total. The lowest BCUT2D eigenvalue weighted by Crippen LogP contribution is -2.10. The second kappa shape index (κ2) is 14.0. The van der Waals surface area contributed by atoms with Crippen LogP contribution in [0, 0.1) is 23.0 Å². The molecular weight excluding hydrogens is 729 g/mol. The minimum Gasteiger partial charge on any atom is -0.309 e. The number of nitriles is 1. The van der Waals surface area contributed by atoms with Crippen LogP contribution in [0.2, 0.25) is 0 Å². The zero-order chi connectivity index (χ0) is 38.5. The lowest BCUT2D eigenvalue weighted by Gasteiger charge is -2.26. The molecule has 0 atom stereocenters. The van der Waals surface area contributed by atoms with Crippen LogP contribution in [0.5, 0.6) is 0 Å². The lowest BCUT2D eigenvalue weighted by atomic mass is 10.0. The van der Waals surface area contributed by atoms with E-state index in [1.807, 2.05) is 59.2 Å². The molecule has 10 aromatic rings. The van der Waals surface area contributed by atoms with Crippen LogP contribution in [0.15, 0.2) is 176 Å². The summed E-state index contributed by atoms with van der Waals surface area (Å²) in [7, 11) is 0. The van der Waals surface area contributed by atoms with Gasteiger partial charge >= 0.3 is 0 Å². The Morgan fingerprint density at radius 3 is 1.58 bits per heavy atom. The Morgan fingerprint density at radius 1 is 0.509 bits per heavy atom. The molecule has 2 heterocycles. The number of rotatable bonds is 7. The summed E-state index contributed by atoms with van der Waals surface area (Å²) in [6.07, 6.45) is 0. The van der Waals surface area contributed by atoms with Gasteiger partial charge in [-0.1, -0.05) is 78.9 Å². The number of anilines is 3. The molecule has 8 aromatic carbocycles. The number of nitrogens with zero attached hydrogens (tertiary/aromatic N) is 5. The Hall–Kier alpha value is -7.47. The molecule has 0 saturated carbocycles. The Labute approximate surface area is 330 Å². The molecular formula is C49H29F2N5S. The van der Waals surface area contributed by atoms with Gasteiger partial charge in [0.15, 0.2) is 0 Å². The number of hydrogen-bond acceptors (Lipinski definition) is 5. The van der Waals surface area contributed by atoms with Crippen molar-refractivity contribution in [1.29, 1.82) is 5.26 Å². The summed E-state index contributed by atoms with van der Waals surface area (Å²) in [4.78, 5) is 2.21. The third kappa shape index (κ3) is 6.07. The normalized spacial score (nSPS) is 11.3. The molecule has 10 rings (SSSR count). The number of aromatic nitrogens is 3. The van der Waals surface area contributed by atoms with Crippen LogP contribution < -0.4 is 4.90 Å². The SMILES string of the molecule is N#Cc1ccc(-c2ccc(N(c3ccc(-c4ccccc4)cc3)c3ccc(-c4ccc(-n5c6ccc(F)cc6c6cc(F)ccc65)cc4)c4nsnc34)cc2)cc1. The van der Waals surface area contributed by atoms with Gasteiger partial charge < -0.3 is 9.47 Å². The summed E-state index contributed by atoms with van der Waals surface area (Å²) in [5.41, 5.74) is 13.7. The molecule has 0 fully saturated rings. The first kappa shape index (κ1) is 34.1. The standard InChI is InChI=1S/C49H29F2N5S/c50-37-16-25-45-43(28-37)44-29-38(51)17-26-46(44)56(45)41-22-14-36(15-23-41)42-24-27-47(49-48(42)53-57-54-49)55(39-18-10-34(11-19-39)32-4-2-1-3-5-32)40-20-12-35(13-21-40)33-8-6-31(30-52)7-9-33/h1-29H. The molecule has 2 aromatic heterocycles. The number of halogens is 2. The Morgan fingerprint density at radius 2 is 1.02 bits per heavy atom. The Balaban J connectivity index is 1.05. The largest absolute Gasteiger partial charge is 0.309 e. The van der Waals surface area contributed by atoms with E-state index in [0.717, 1.165) is 78.2 Å². The lowest BCUT2D eigenvalue weighted by molar-refractivity contribution is 0.628. The molecule has 0 N–H and O–H groups in total. The van der Waals surface area contributed by atoms with Crippen LogP contribution in [0.4, 0.5) is 25.8 Å². The van der Waals surface area contributed by atoms with Crippen molar-refractivity contribution in [2.24, 2.45) is 0 Å². The predicted molar refractivity (Wildman–Crippen MR) is 227 cm³/mol. The highest BCUT2D eigenvalue weighted by atomic mass is 32.1. The Bertz CT molecular complexity index is 3070. The highest BCUT2D eigenvalue weighted by molar-refractivity contribution is 7.00. The summed E-state index contributed by atoms with van der Waals surface area (Å²) in [5, 5.41) is 10.6. The maximum absolute atomic E-state index is 14.3. The highest BCUT2D eigenvalue weighted by Gasteiger charge is 2.21. The zero-order valence-electron chi connectivity index (χ0n) is 30.1.